The number of amides is 1. The van der Waals surface area contributed by atoms with Crippen LogP contribution in [0.5, 0.6) is 0 Å². The molecule has 1 saturated heterocycles. The molecule has 0 unspecified atom stereocenters. The van der Waals surface area contributed by atoms with Crippen molar-refractivity contribution in [2.75, 3.05) is 31.6 Å². The number of carbonyl (C=O) groups excluding carboxylic acids is 1. The van der Waals surface area contributed by atoms with E-state index in [4.69, 9.17) is 0 Å². The first kappa shape index (κ1) is 13.3. The van der Waals surface area contributed by atoms with Gasteiger partial charge in [-0.05, 0) is 18.6 Å². The van der Waals surface area contributed by atoms with E-state index in [0.717, 1.165) is 25.2 Å². The molecule has 0 saturated carbocycles. The molecule has 0 atom stereocenters. The fourth-order valence-electron chi connectivity index (χ4n) is 2.17. The summed E-state index contributed by atoms with van der Waals surface area (Å²) in [5.74, 6) is 0.220. The Morgan fingerprint density at radius 2 is 2.05 bits per heavy atom. The van der Waals surface area contributed by atoms with E-state index >= 15 is 0 Å². The number of nitrogens with zero attached hydrogens (tertiary/aromatic N) is 3. The van der Waals surface area contributed by atoms with Gasteiger partial charge < -0.3 is 9.80 Å². The lowest BCUT2D eigenvalue weighted by Gasteiger charge is -2.23. The molecule has 0 bridgehead atoms. The van der Waals surface area contributed by atoms with Crippen LogP contribution in [0.4, 0.5) is 11.4 Å². The van der Waals surface area contributed by atoms with Gasteiger partial charge in [-0.25, -0.2) is 0 Å². The molecule has 2 rings (SSSR count). The van der Waals surface area contributed by atoms with Crippen LogP contribution >= 0.6 is 0 Å². The number of rotatable bonds is 5. The molecule has 1 aromatic carbocycles. The summed E-state index contributed by atoms with van der Waals surface area (Å²) in [6, 6.07) is 6.44. The average molecular weight is 263 g/mol. The van der Waals surface area contributed by atoms with Gasteiger partial charge in [-0.1, -0.05) is 0 Å². The fourth-order valence-corrected chi connectivity index (χ4v) is 2.17. The van der Waals surface area contributed by atoms with Crippen LogP contribution in [0.2, 0.25) is 0 Å². The van der Waals surface area contributed by atoms with Crippen LogP contribution in [-0.4, -0.2) is 42.4 Å². The summed E-state index contributed by atoms with van der Waals surface area (Å²) in [6.07, 6.45) is 1.60. The van der Waals surface area contributed by atoms with Crippen LogP contribution in [-0.2, 0) is 4.79 Å². The zero-order chi connectivity index (χ0) is 13.8. The van der Waals surface area contributed by atoms with Crippen molar-refractivity contribution in [2.24, 2.45) is 0 Å². The summed E-state index contributed by atoms with van der Waals surface area (Å²) in [5.41, 5.74) is 1.00. The zero-order valence-corrected chi connectivity index (χ0v) is 10.9. The maximum Gasteiger partial charge on any atom is 0.269 e. The van der Waals surface area contributed by atoms with Crippen molar-refractivity contribution in [3.8, 4) is 0 Å². The summed E-state index contributed by atoms with van der Waals surface area (Å²) in [6.45, 7) is 2.27. The molecule has 102 valence electrons. The fraction of sp³-hybridized carbons (Fsp3) is 0.462. The molecule has 0 aliphatic carbocycles. The van der Waals surface area contributed by atoms with Crippen LogP contribution in [0.15, 0.2) is 24.3 Å². The molecule has 1 aliphatic heterocycles. The first-order valence-corrected chi connectivity index (χ1v) is 6.31. The van der Waals surface area contributed by atoms with Crippen molar-refractivity contribution in [1.29, 1.82) is 0 Å². The highest BCUT2D eigenvalue weighted by Crippen LogP contribution is 2.18. The third-order valence-corrected chi connectivity index (χ3v) is 3.38. The minimum atomic E-state index is -0.410. The van der Waals surface area contributed by atoms with Crippen LogP contribution in [0, 0.1) is 10.1 Å². The number of anilines is 1. The van der Waals surface area contributed by atoms with Gasteiger partial charge in [-0.3, -0.25) is 14.9 Å². The number of hydrogen-bond acceptors (Lipinski definition) is 4. The van der Waals surface area contributed by atoms with Crippen molar-refractivity contribution >= 4 is 17.3 Å². The lowest BCUT2D eigenvalue weighted by atomic mass is 10.2. The van der Waals surface area contributed by atoms with E-state index in [0.29, 0.717) is 13.0 Å². The topological polar surface area (TPSA) is 66.7 Å². The van der Waals surface area contributed by atoms with Gasteiger partial charge in [0.15, 0.2) is 0 Å². The van der Waals surface area contributed by atoms with Crippen LogP contribution in [0.1, 0.15) is 12.8 Å². The molecule has 0 N–H and O–H groups in total. The number of likely N-dealkylation sites (N-methyl/N-ethyl adjacent to an activating group) is 1. The molecule has 0 aromatic heterocycles. The lowest BCUT2D eigenvalue weighted by molar-refractivity contribution is -0.384. The third-order valence-electron chi connectivity index (χ3n) is 3.38. The number of likely N-dealkylation sites (tertiary alicyclic amines) is 1. The Hall–Kier alpha value is -2.11. The molecule has 19 heavy (non-hydrogen) atoms. The quantitative estimate of drug-likeness (QED) is 0.598. The standard InChI is InChI=1S/C13H17N3O3/c1-14(9-10-15-8-2-3-13(15)17)11-4-6-12(7-5-11)16(18)19/h4-7H,2-3,8-10H2,1H3. The van der Waals surface area contributed by atoms with Crippen molar-refractivity contribution in [3.05, 3.63) is 34.4 Å². The van der Waals surface area contributed by atoms with Gasteiger partial charge in [0.1, 0.15) is 0 Å². The highest BCUT2D eigenvalue weighted by molar-refractivity contribution is 5.78. The number of carbonyl (C=O) groups is 1. The molecular formula is C13H17N3O3. The lowest BCUT2D eigenvalue weighted by Crippen LogP contribution is -2.33. The van der Waals surface area contributed by atoms with Crippen molar-refractivity contribution in [1.82, 2.24) is 4.90 Å². The second kappa shape index (κ2) is 5.69. The minimum Gasteiger partial charge on any atom is -0.373 e. The summed E-state index contributed by atoms with van der Waals surface area (Å²) >= 11 is 0. The molecule has 1 aliphatic rings. The summed E-state index contributed by atoms with van der Waals surface area (Å²) in [4.78, 5) is 25.5. The largest absolute Gasteiger partial charge is 0.373 e. The molecule has 1 amide bonds. The van der Waals surface area contributed by atoms with E-state index in [1.165, 1.54) is 12.1 Å². The van der Waals surface area contributed by atoms with Gasteiger partial charge in [0.2, 0.25) is 5.91 Å². The molecule has 1 heterocycles. The summed E-state index contributed by atoms with van der Waals surface area (Å²) in [7, 11) is 1.92. The first-order valence-electron chi connectivity index (χ1n) is 6.31. The smallest absolute Gasteiger partial charge is 0.269 e. The SMILES string of the molecule is CN(CCN1CCCC1=O)c1ccc([N+](=O)[O-])cc1. The maximum absolute atomic E-state index is 11.5. The number of non-ortho nitro benzene ring substituents is 1. The Kier molecular flexibility index (Phi) is 3.99. The molecule has 0 spiro atoms. The van der Waals surface area contributed by atoms with E-state index < -0.39 is 4.92 Å². The monoisotopic (exact) mass is 263 g/mol. The number of benzene rings is 1. The van der Waals surface area contributed by atoms with Gasteiger partial charge in [-0.2, -0.15) is 0 Å². The Balaban J connectivity index is 1.90. The molecule has 6 nitrogen and oxygen atoms in total. The Labute approximate surface area is 111 Å². The Morgan fingerprint density at radius 1 is 1.37 bits per heavy atom. The highest BCUT2D eigenvalue weighted by atomic mass is 16.6. The van der Waals surface area contributed by atoms with E-state index in [1.807, 2.05) is 16.8 Å². The predicted molar refractivity (Wildman–Crippen MR) is 72.2 cm³/mol. The predicted octanol–water partition coefficient (Wildman–Crippen LogP) is 1.65. The van der Waals surface area contributed by atoms with Gasteiger partial charge in [-0.15, -0.1) is 0 Å². The first-order chi connectivity index (χ1) is 9.08. The van der Waals surface area contributed by atoms with E-state index in [1.54, 1.807) is 12.1 Å². The van der Waals surface area contributed by atoms with Crippen molar-refractivity contribution < 1.29 is 9.72 Å². The van der Waals surface area contributed by atoms with Gasteiger partial charge in [0.05, 0.1) is 4.92 Å². The third kappa shape index (κ3) is 3.21. The minimum absolute atomic E-state index is 0.0897. The van der Waals surface area contributed by atoms with E-state index in [2.05, 4.69) is 0 Å². The summed E-state index contributed by atoms with van der Waals surface area (Å²) < 4.78 is 0. The normalized spacial score (nSPS) is 14.8. The average Bonchev–Trinajstić information content (AvgIpc) is 2.81. The Morgan fingerprint density at radius 3 is 2.58 bits per heavy atom. The Bertz CT molecular complexity index is 473. The van der Waals surface area contributed by atoms with Crippen LogP contribution < -0.4 is 4.90 Å². The number of hydrogen-bond donors (Lipinski definition) is 0. The molecule has 1 fully saturated rings. The van der Waals surface area contributed by atoms with Crippen LogP contribution in [0.25, 0.3) is 0 Å². The zero-order valence-electron chi connectivity index (χ0n) is 10.9. The highest BCUT2D eigenvalue weighted by Gasteiger charge is 2.19. The number of nitro groups is 1. The van der Waals surface area contributed by atoms with Crippen molar-refractivity contribution in [3.63, 3.8) is 0 Å². The van der Waals surface area contributed by atoms with Gasteiger partial charge in [0, 0.05) is 50.9 Å². The molecule has 0 radical (unpaired) electrons. The molecule has 1 aromatic rings. The number of nitro benzene ring substituents is 1. The maximum atomic E-state index is 11.5. The second-order valence-electron chi connectivity index (χ2n) is 4.68. The van der Waals surface area contributed by atoms with Gasteiger partial charge >= 0.3 is 0 Å². The molecule has 6 heteroatoms. The van der Waals surface area contributed by atoms with E-state index in [9.17, 15) is 14.9 Å². The second-order valence-corrected chi connectivity index (χ2v) is 4.68. The molecular weight excluding hydrogens is 246 g/mol. The van der Waals surface area contributed by atoms with Crippen molar-refractivity contribution in [2.45, 2.75) is 12.8 Å². The summed E-state index contributed by atoms with van der Waals surface area (Å²) in [5, 5.41) is 10.6. The van der Waals surface area contributed by atoms with Gasteiger partial charge in [0.25, 0.3) is 5.69 Å². The van der Waals surface area contributed by atoms with Crippen LogP contribution in [0.3, 0.4) is 0 Å². The van der Waals surface area contributed by atoms with E-state index in [-0.39, 0.29) is 11.6 Å².